The summed E-state index contributed by atoms with van der Waals surface area (Å²) >= 11 is 0. The van der Waals surface area contributed by atoms with Crippen molar-refractivity contribution >= 4 is 5.91 Å². The van der Waals surface area contributed by atoms with Crippen molar-refractivity contribution in [2.75, 3.05) is 14.2 Å². The van der Waals surface area contributed by atoms with E-state index in [1.54, 1.807) is 31.4 Å². The molecular weight excluding hydrogens is 362 g/mol. The van der Waals surface area contributed by atoms with Gasteiger partial charge in [-0.3, -0.25) is 4.79 Å². The molecule has 3 rings (SSSR count). The first-order valence-electron chi connectivity index (χ1n) is 10.6. The van der Waals surface area contributed by atoms with Crippen molar-refractivity contribution in [2.45, 2.75) is 57.8 Å². The Morgan fingerprint density at radius 1 is 1.00 bits per heavy atom. The molecule has 4 heteroatoms. The van der Waals surface area contributed by atoms with Gasteiger partial charge >= 0.3 is 0 Å². The Kier molecular flexibility index (Phi) is 8.56. The molecule has 1 aliphatic rings. The third kappa shape index (κ3) is 5.53. The third-order valence-electron chi connectivity index (χ3n) is 6.37. The summed E-state index contributed by atoms with van der Waals surface area (Å²) in [6.07, 6.45) is 7.96. The number of primary amides is 1. The molecule has 0 radical (unpaired) electrons. The van der Waals surface area contributed by atoms with E-state index >= 15 is 0 Å². The quantitative estimate of drug-likeness (QED) is 0.624. The number of ether oxygens (including phenoxy) is 2. The average Bonchev–Trinajstić information content (AvgIpc) is 2.79. The van der Waals surface area contributed by atoms with Gasteiger partial charge in [0, 0.05) is 8.42 Å². The van der Waals surface area contributed by atoms with Gasteiger partial charge in [0.1, 0.15) is 11.5 Å². The first kappa shape index (κ1) is 22.8. The number of para-hydroxylation sites is 2. The first-order chi connectivity index (χ1) is 14.0. The van der Waals surface area contributed by atoms with E-state index in [1.165, 1.54) is 51.2 Å². The van der Waals surface area contributed by atoms with E-state index in [1.807, 2.05) is 0 Å². The molecule has 0 heterocycles. The standard InChI is InChI=1S/C17H26O.C8H9NO2.2H2/c1-4-14-10-12-17(5-2,13-11-14)15-8-6-7-9-16(15)18-3;1-11-7-5-3-2-4-6(7)8(9)10;;/h6-9,14H,4-5,10-13H2,1-3H3;2-5H,1H3,(H2,9,10);2*1H. The smallest absolute Gasteiger partial charge is 0.252 e. The normalized spacial score (nSPS) is 20.9. The maximum absolute atomic E-state index is 10.7. The Hall–Kier alpha value is -2.49. The number of carbonyl (C=O) groups is 1. The van der Waals surface area contributed by atoms with Crippen LogP contribution in [0.15, 0.2) is 48.5 Å². The Labute approximate surface area is 178 Å². The molecule has 0 saturated heterocycles. The van der Waals surface area contributed by atoms with E-state index in [4.69, 9.17) is 15.2 Å². The molecular formula is C25H39NO3. The van der Waals surface area contributed by atoms with Crippen molar-refractivity contribution in [1.29, 1.82) is 0 Å². The molecule has 4 nitrogen and oxygen atoms in total. The highest BCUT2D eigenvalue weighted by Gasteiger charge is 2.36. The van der Waals surface area contributed by atoms with Crippen LogP contribution in [0.4, 0.5) is 0 Å². The van der Waals surface area contributed by atoms with Gasteiger partial charge in [0.25, 0.3) is 5.91 Å². The molecule has 0 aliphatic heterocycles. The van der Waals surface area contributed by atoms with Gasteiger partial charge in [0.2, 0.25) is 0 Å². The zero-order valence-electron chi connectivity index (χ0n) is 18.2. The summed E-state index contributed by atoms with van der Waals surface area (Å²) in [4.78, 5) is 10.7. The predicted molar refractivity (Wildman–Crippen MR) is 123 cm³/mol. The van der Waals surface area contributed by atoms with Gasteiger partial charge in [-0.1, -0.05) is 50.6 Å². The minimum atomic E-state index is -0.470. The summed E-state index contributed by atoms with van der Waals surface area (Å²) in [5.41, 5.74) is 7.28. The fourth-order valence-corrected chi connectivity index (χ4v) is 4.38. The van der Waals surface area contributed by atoms with Crippen LogP contribution < -0.4 is 15.2 Å². The molecule has 2 N–H and O–H groups in total. The topological polar surface area (TPSA) is 61.6 Å². The van der Waals surface area contributed by atoms with Crippen LogP contribution >= 0.6 is 0 Å². The van der Waals surface area contributed by atoms with Crippen LogP contribution in [-0.4, -0.2) is 20.1 Å². The summed E-state index contributed by atoms with van der Waals surface area (Å²) in [5, 5.41) is 0. The number of amides is 1. The molecule has 0 unspecified atom stereocenters. The minimum Gasteiger partial charge on any atom is -0.496 e. The van der Waals surface area contributed by atoms with Crippen molar-refractivity contribution in [1.82, 2.24) is 0 Å². The van der Waals surface area contributed by atoms with E-state index in [0.29, 0.717) is 16.7 Å². The maximum atomic E-state index is 10.7. The van der Waals surface area contributed by atoms with Crippen molar-refractivity contribution in [3.8, 4) is 11.5 Å². The number of rotatable bonds is 6. The molecule has 1 saturated carbocycles. The molecule has 29 heavy (non-hydrogen) atoms. The monoisotopic (exact) mass is 401 g/mol. The number of methoxy groups -OCH3 is 2. The summed E-state index contributed by atoms with van der Waals surface area (Å²) < 4.78 is 10.5. The minimum absolute atomic E-state index is 0. The van der Waals surface area contributed by atoms with E-state index < -0.39 is 5.91 Å². The lowest BCUT2D eigenvalue weighted by Gasteiger charge is -2.40. The van der Waals surface area contributed by atoms with Crippen LogP contribution in [0.25, 0.3) is 0 Å². The Morgan fingerprint density at radius 3 is 2.03 bits per heavy atom. The summed E-state index contributed by atoms with van der Waals surface area (Å²) in [5.74, 6) is 2.07. The Morgan fingerprint density at radius 2 is 1.55 bits per heavy atom. The molecule has 0 spiro atoms. The Bertz CT molecular complexity index is 790. The van der Waals surface area contributed by atoms with E-state index in [-0.39, 0.29) is 2.85 Å². The van der Waals surface area contributed by atoms with Gasteiger partial charge in [0.05, 0.1) is 19.8 Å². The highest BCUT2D eigenvalue weighted by molar-refractivity contribution is 5.95. The van der Waals surface area contributed by atoms with Crippen molar-refractivity contribution < 1.29 is 17.1 Å². The molecule has 0 atom stereocenters. The molecule has 1 fully saturated rings. The molecule has 1 amide bonds. The molecule has 2 aromatic carbocycles. The van der Waals surface area contributed by atoms with Gasteiger partial charge < -0.3 is 15.2 Å². The molecule has 1 aliphatic carbocycles. The van der Waals surface area contributed by atoms with E-state index in [9.17, 15) is 4.79 Å². The maximum Gasteiger partial charge on any atom is 0.252 e. The second kappa shape index (κ2) is 10.9. The largest absolute Gasteiger partial charge is 0.496 e. The molecule has 162 valence electrons. The van der Waals surface area contributed by atoms with Crippen LogP contribution in [-0.2, 0) is 5.41 Å². The number of nitrogens with two attached hydrogens (primary N) is 1. The van der Waals surface area contributed by atoms with Crippen molar-refractivity contribution in [3.63, 3.8) is 0 Å². The predicted octanol–water partition coefficient (Wildman–Crippen LogP) is 6.23. The fraction of sp³-hybridized carbons (Fsp3) is 0.480. The highest BCUT2D eigenvalue weighted by Crippen LogP contribution is 2.47. The second-order valence-electron chi connectivity index (χ2n) is 7.75. The fourth-order valence-electron chi connectivity index (χ4n) is 4.38. The van der Waals surface area contributed by atoms with Gasteiger partial charge in [-0.05, 0) is 61.6 Å². The second-order valence-corrected chi connectivity index (χ2v) is 7.75. The van der Waals surface area contributed by atoms with Crippen LogP contribution in [0.2, 0.25) is 0 Å². The van der Waals surface area contributed by atoms with Crippen LogP contribution in [0.3, 0.4) is 0 Å². The van der Waals surface area contributed by atoms with Gasteiger partial charge in [-0.15, -0.1) is 0 Å². The lowest BCUT2D eigenvalue weighted by atomic mass is 9.64. The van der Waals surface area contributed by atoms with Crippen LogP contribution in [0.5, 0.6) is 11.5 Å². The zero-order valence-corrected chi connectivity index (χ0v) is 18.2. The highest BCUT2D eigenvalue weighted by atomic mass is 16.5. The molecule has 2 aromatic rings. The lowest BCUT2D eigenvalue weighted by Crippen LogP contribution is -2.31. The number of carbonyl (C=O) groups excluding carboxylic acids is 1. The molecule has 0 bridgehead atoms. The lowest BCUT2D eigenvalue weighted by molar-refractivity contribution is 0.0997. The Balaban J connectivity index is 0.000000603. The molecule has 0 aromatic heterocycles. The number of benzene rings is 2. The third-order valence-corrected chi connectivity index (χ3v) is 6.37. The summed E-state index contributed by atoms with van der Waals surface area (Å²) in [6.45, 7) is 4.66. The number of hydrogen-bond acceptors (Lipinski definition) is 3. The van der Waals surface area contributed by atoms with Gasteiger partial charge in [0.15, 0.2) is 0 Å². The van der Waals surface area contributed by atoms with Gasteiger partial charge in [-0.2, -0.15) is 0 Å². The average molecular weight is 402 g/mol. The number of hydrogen-bond donors (Lipinski definition) is 1. The SMILES string of the molecule is CCC1CCC(CC)(c2ccccc2OC)CC1.COc1ccccc1C(N)=O.[HH].[HH]. The summed E-state index contributed by atoms with van der Waals surface area (Å²) in [6, 6.07) is 15.5. The van der Waals surface area contributed by atoms with Gasteiger partial charge in [-0.25, -0.2) is 0 Å². The van der Waals surface area contributed by atoms with Crippen molar-refractivity contribution in [2.24, 2.45) is 11.7 Å². The van der Waals surface area contributed by atoms with Crippen molar-refractivity contribution in [3.05, 3.63) is 59.7 Å². The first-order valence-corrected chi connectivity index (χ1v) is 10.6. The van der Waals surface area contributed by atoms with E-state index in [0.717, 1.165) is 11.7 Å². The summed E-state index contributed by atoms with van der Waals surface area (Å²) in [7, 11) is 3.29. The van der Waals surface area contributed by atoms with Crippen LogP contribution in [0.1, 0.15) is 71.1 Å². The van der Waals surface area contributed by atoms with E-state index in [2.05, 4.69) is 38.1 Å². The zero-order chi connectivity index (χ0) is 21.3. The van der Waals surface area contributed by atoms with Crippen LogP contribution in [0, 0.1) is 5.92 Å².